The van der Waals surface area contributed by atoms with Crippen molar-refractivity contribution in [1.82, 2.24) is 0 Å². The van der Waals surface area contributed by atoms with Gasteiger partial charge < -0.3 is 10.2 Å². The van der Waals surface area contributed by atoms with Gasteiger partial charge in [0.25, 0.3) is 0 Å². The lowest BCUT2D eigenvalue weighted by molar-refractivity contribution is -0.161. The molecule has 0 aliphatic heterocycles. The summed E-state index contributed by atoms with van der Waals surface area (Å²) in [4.78, 5) is 0. The number of hydrogen-bond donors (Lipinski definition) is 2. The third kappa shape index (κ3) is 3.33. The first-order chi connectivity index (χ1) is 10.1. The van der Waals surface area contributed by atoms with Gasteiger partial charge >= 0.3 is 0 Å². The minimum atomic E-state index is -1.06. The van der Waals surface area contributed by atoms with E-state index in [-0.39, 0.29) is 11.3 Å². The summed E-state index contributed by atoms with van der Waals surface area (Å²) in [7, 11) is 0. The van der Waals surface area contributed by atoms with Gasteiger partial charge in [-0.1, -0.05) is 37.6 Å². The first-order valence-corrected chi connectivity index (χ1v) is 8.88. The van der Waals surface area contributed by atoms with Gasteiger partial charge in [0.1, 0.15) is 0 Å². The van der Waals surface area contributed by atoms with Gasteiger partial charge in [0, 0.05) is 0 Å². The molecule has 2 N–H and O–H groups in total. The molecule has 4 unspecified atom stereocenters. The Labute approximate surface area is 136 Å². The van der Waals surface area contributed by atoms with Crippen LogP contribution in [0.5, 0.6) is 0 Å². The van der Waals surface area contributed by atoms with Crippen molar-refractivity contribution in [3.8, 4) is 0 Å². The topological polar surface area (TPSA) is 40.5 Å². The minimum Gasteiger partial charge on any atom is -0.387 e. The Morgan fingerprint density at radius 3 is 2.55 bits per heavy atom. The molecule has 0 aromatic heterocycles. The van der Waals surface area contributed by atoms with Gasteiger partial charge in [0.05, 0.1) is 11.2 Å². The average Bonchev–Trinajstić information content (AvgIpc) is 2.66. The van der Waals surface area contributed by atoms with Crippen LogP contribution in [0.4, 0.5) is 0 Å². The Morgan fingerprint density at radius 2 is 1.91 bits per heavy atom. The molecule has 4 atom stereocenters. The first-order valence-electron chi connectivity index (χ1n) is 8.88. The van der Waals surface area contributed by atoms with Crippen LogP contribution in [0.15, 0.2) is 23.8 Å². The fraction of sp³-hybridized carbons (Fsp3) is 0.800. The molecule has 0 saturated heterocycles. The highest BCUT2D eigenvalue weighted by Gasteiger charge is 2.58. The molecule has 0 aromatic rings. The maximum Gasteiger partial charge on any atom is 0.0964 e. The van der Waals surface area contributed by atoms with Gasteiger partial charge in [-0.25, -0.2) is 0 Å². The third-order valence-corrected chi connectivity index (χ3v) is 6.22. The van der Waals surface area contributed by atoms with Crippen LogP contribution in [-0.4, -0.2) is 21.4 Å². The highest BCUT2D eigenvalue weighted by molar-refractivity contribution is 5.17. The number of rotatable bonds is 1. The molecule has 0 spiro atoms. The van der Waals surface area contributed by atoms with E-state index in [0.717, 1.165) is 25.7 Å². The highest BCUT2D eigenvalue weighted by Crippen LogP contribution is 2.56. The number of aliphatic hydroxyl groups is 2. The summed E-state index contributed by atoms with van der Waals surface area (Å²) in [6.07, 6.45) is 12.9. The van der Waals surface area contributed by atoms with Gasteiger partial charge in [-0.3, -0.25) is 0 Å². The summed E-state index contributed by atoms with van der Waals surface area (Å²) >= 11 is 0. The molecule has 2 aliphatic carbocycles. The van der Waals surface area contributed by atoms with Crippen LogP contribution in [-0.2, 0) is 0 Å². The molecule has 0 aromatic carbocycles. The van der Waals surface area contributed by atoms with E-state index < -0.39 is 11.2 Å². The Balaban J connectivity index is 2.39. The van der Waals surface area contributed by atoms with E-state index in [4.69, 9.17) is 0 Å². The molecule has 22 heavy (non-hydrogen) atoms. The van der Waals surface area contributed by atoms with Crippen LogP contribution < -0.4 is 0 Å². The fourth-order valence-electron chi connectivity index (χ4n) is 4.40. The largest absolute Gasteiger partial charge is 0.387 e. The Hall–Kier alpha value is -0.600. The molecule has 2 rings (SSSR count). The second-order valence-corrected chi connectivity index (χ2v) is 8.54. The van der Waals surface area contributed by atoms with Crippen molar-refractivity contribution >= 4 is 0 Å². The van der Waals surface area contributed by atoms with Crippen LogP contribution in [0.3, 0.4) is 0 Å². The fourth-order valence-corrected chi connectivity index (χ4v) is 4.40. The van der Waals surface area contributed by atoms with E-state index in [1.165, 1.54) is 12.0 Å². The highest BCUT2D eigenvalue weighted by atomic mass is 16.4. The normalized spacial score (nSPS) is 40.8. The Morgan fingerprint density at radius 1 is 1.23 bits per heavy atom. The molecule has 0 radical (unpaired) electrons. The number of fused-ring (bicyclic) bond motifs is 1. The van der Waals surface area contributed by atoms with Crippen molar-refractivity contribution in [1.29, 1.82) is 0 Å². The third-order valence-electron chi connectivity index (χ3n) is 6.22. The van der Waals surface area contributed by atoms with Crippen molar-refractivity contribution in [3.63, 3.8) is 0 Å². The smallest absolute Gasteiger partial charge is 0.0964 e. The lowest BCUT2D eigenvalue weighted by Crippen LogP contribution is -2.54. The predicted molar refractivity (Wildman–Crippen MR) is 92.6 cm³/mol. The van der Waals surface area contributed by atoms with Crippen molar-refractivity contribution in [2.24, 2.45) is 17.3 Å². The molecular formula is C20H34O2. The molecule has 2 nitrogen and oxygen atoms in total. The summed E-state index contributed by atoms with van der Waals surface area (Å²) < 4.78 is 0. The van der Waals surface area contributed by atoms with Gasteiger partial charge in [-0.15, -0.1) is 0 Å². The molecule has 1 fully saturated rings. The van der Waals surface area contributed by atoms with Crippen molar-refractivity contribution in [3.05, 3.63) is 23.8 Å². The summed E-state index contributed by atoms with van der Waals surface area (Å²) in [5.74, 6) is 0.667. The second-order valence-electron chi connectivity index (χ2n) is 8.54. The zero-order chi connectivity index (χ0) is 16.6. The zero-order valence-electron chi connectivity index (χ0n) is 15.0. The molecule has 1 saturated carbocycles. The quantitative estimate of drug-likeness (QED) is 0.694. The summed E-state index contributed by atoms with van der Waals surface area (Å²) in [6, 6.07) is 0. The van der Waals surface area contributed by atoms with Crippen LogP contribution in [0.2, 0.25) is 0 Å². The lowest BCUT2D eigenvalue weighted by atomic mass is 9.67. The summed E-state index contributed by atoms with van der Waals surface area (Å²) in [5.41, 5.74) is -0.661. The van der Waals surface area contributed by atoms with E-state index in [0.29, 0.717) is 12.3 Å². The molecule has 0 bridgehead atoms. The molecule has 2 heteroatoms. The molecule has 126 valence electrons. The minimum absolute atomic E-state index is 0.0202. The van der Waals surface area contributed by atoms with E-state index in [9.17, 15) is 10.2 Å². The second kappa shape index (κ2) is 6.13. The number of allylic oxidation sites excluding steroid dienone is 4. The maximum atomic E-state index is 11.3. The average molecular weight is 306 g/mol. The van der Waals surface area contributed by atoms with Gasteiger partial charge in [-0.05, 0) is 76.5 Å². The Bertz CT molecular complexity index is 457. The van der Waals surface area contributed by atoms with Gasteiger partial charge in [-0.2, -0.15) is 0 Å². The molecular weight excluding hydrogens is 272 g/mol. The predicted octanol–water partition coefficient (Wildman–Crippen LogP) is 4.62. The van der Waals surface area contributed by atoms with E-state index >= 15 is 0 Å². The zero-order valence-corrected chi connectivity index (χ0v) is 15.0. The molecule has 0 amide bonds. The number of hydrogen-bond acceptors (Lipinski definition) is 2. The van der Waals surface area contributed by atoms with Crippen molar-refractivity contribution in [2.75, 3.05) is 0 Å². The van der Waals surface area contributed by atoms with Crippen LogP contribution >= 0.6 is 0 Å². The maximum absolute atomic E-state index is 11.3. The van der Waals surface area contributed by atoms with Crippen LogP contribution in [0.25, 0.3) is 0 Å². The first kappa shape index (κ1) is 17.7. The Kier molecular flexibility index (Phi) is 4.94. The van der Waals surface area contributed by atoms with Gasteiger partial charge in [0.2, 0.25) is 0 Å². The van der Waals surface area contributed by atoms with E-state index in [2.05, 4.69) is 39.0 Å². The van der Waals surface area contributed by atoms with Crippen molar-refractivity contribution in [2.45, 2.75) is 84.3 Å². The molecule has 0 heterocycles. The standard InChI is InChI=1S/C20H34O2/c1-15-7-6-8-16(2)11-12-19(5)13-14-20(22,18(3,4)21)17(19)10-9-15/h7,11-12,16-17,21-22H,6,8-10,13-14H2,1-5H3. The summed E-state index contributed by atoms with van der Waals surface area (Å²) in [6.45, 7) is 10.3. The monoisotopic (exact) mass is 306 g/mol. The van der Waals surface area contributed by atoms with E-state index in [1.807, 2.05) is 0 Å². The molecule has 2 aliphatic rings. The van der Waals surface area contributed by atoms with Crippen LogP contribution in [0.1, 0.15) is 73.1 Å². The van der Waals surface area contributed by atoms with Gasteiger partial charge in [0.15, 0.2) is 0 Å². The van der Waals surface area contributed by atoms with Crippen LogP contribution in [0, 0.1) is 17.3 Å². The summed E-state index contributed by atoms with van der Waals surface area (Å²) in [5, 5.41) is 21.9. The van der Waals surface area contributed by atoms with Crippen molar-refractivity contribution < 1.29 is 10.2 Å². The van der Waals surface area contributed by atoms with E-state index in [1.54, 1.807) is 13.8 Å². The SMILES string of the molecule is CC1=CCCC(C)C=CC2(C)CCC(O)(C(C)(C)O)C2CC1. The lowest BCUT2D eigenvalue weighted by Gasteiger charge is -2.44.